The van der Waals surface area contributed by atoms with Gasteiger partial charge < -0.3 is 4.84 Å². The van der Waals surface area contributed by atoms with Gasteiger partial charge in [-0.25, -0.2) is 4.79 Å². The summed E-state index contributed by atoms with van der Waals surface area (Å²) in [6.45, 7) is 2.00. The summed E-state index contributed by atoms with van der Waals surface area (Å²) in [6, 6.07) is 19.7. The van der Waals surface area contributed by atoms with Gasteiger partial charge in [0.05, 0.1) is 6.61 Å². The summed E-state index contributed by atoms with van der Waals surface area (Å²) in [4.78, 5) is 24.9. The van der Waals surface area contributed by atoms with Crippen molar-refractivity contribution < 1.29 is 14.5 Å². The van der Waals surface area contributed by atoms with Crippen molar-refractivity contribution in [2.45, 2.75) is 38.5 Å². The maximum absolute atomic E-state index is 12.4. The molecule has 1 saturated heterocycles. The number of rotatable bonds is 7. The van der Waals surface area contributed by atoms with Crippen molar-refractivity contribution in [3.05, 3.63) is 71.8 Å². The van der Waals surface area contributed by atoms with Gasteiger partial charge in [-0.2, -0.15) is 0 Å². The first-order chi connectivity index (χ1) is 12.3. The molecule has 0 aliphatic carbocycles. The summed E-state index contributed by atoms with van der Waals surface area (Å²) in [5.41, 5.74) is 4.55. The van der Waals surface area contributed by atoms with Crippen molar-refractivity contribution in [3.63, 3.8) is 0 Å². The van der Waals surface area contributed by atoms with E-state index in [1.807, 2.05) is 48.5 Å². The zero-order chi connectivity index (χ0) is 17.3. The lowest BCUT2D eigenvalue weighted by molar-refractivity contribution is -0.201. The SMILES string of the molecule is O=C(ONOCc1ccccc1)[C@@H]1CCCCN1Cc1ccccc1. The number of hydrogen-bond donors (Lipinski definition) is 1. The second-order valence-corrected chi connectivity index (χ2v) is 6.25. The Morgan fingerprint density at radius 3 is 2.40 bits per heavy atom. The molecule has 0 saturated carbocycles. The standard InChI is InChI=1S/C20H24N2O3/c23-20(25-21-24-16-18-11-5-2-6-12-18)19-13-7-8-14-22(19)15-17-9-3-1-4-10-17/h1-6,9-12,19,21H,7-8,13-16H2/t19-/m0/s1. The zero-order valence-corrected chi connectivity index (χ0v) is 14.3. The molecule has 0 amide bonds. The molecule has 132 valence electrons. The van der Waals surface area contributed by atoms with Crippen LogP contribution < -0.4 is 5.64 Å². The summed E-state index contributed by atoms with van der Waals surface area (Å²) in [6.07, 6.45) is 2.95. The fourth-order valence-corrected chi connectivity index (χ4v) is 3.09. The minimum atomic E-state index is -0.288. The van der Waals surface area contributed by atoms with Crippen molar-refractivity contribution in [2.24, 2.45) is 0 Å². The molecule has 1 heterocycles. The quantitative estimate of drug-likeness (QED) is 0.619. The second-order valence-electron chi connectivity index (χ2n) is 6.25. The Kier molecular flexibility index (Phi) is 6.56. The molecular weight excluding hydrogens is 316 g/mol. The number of nitrogens with one attached hydrogen (secondary N) is 1. The monoisotopic (exact) mass is 340 g/mol. The summed E-state index contributed by atoms with van der Waals surface area (Å²) in [5.74, 6) is -0.288. The Labute approximate surface area is 148 Å². The van der Waals surface area contributed by atoms with Crippen LogP contribution in [0.2, 0.25) is 0 Å². The predicted octanol–water partition coefficient (Wildman–Crippen LogP) is 3.22. The highest BCUT2D eigenvalue weighted by molar-refractivity contribution is 5.75. The summed E-state index contributed by atoms with van der Waals surface area (Å²) in [5, 5.41) is 0. The van der Waals surface area contributed by atoms with Gasteiger partial charge in [-0.15, -0.1) is 0 Å². The molecule has 1 atom stereocenters. The molecule has 0 unspecified atom stereocenters. The van der Waals surface area contributed by atoms with Crippen LogP contribution in [0.25, 0.3) is 0 Å². The van der Waals surface area contributed by atoms with Crippen LogP contribution in [0.15, 0.2) is 60.7 Å². The Balaban J connectivity index is 1.47. The Morgan fingerprint density at radius 1 is 1.00 bits per heavy atom. The molecule has 3 rings (SSSR count). The zero-order valence-electron chi connectivity index (χ0n) is 14.3. The van der Waals surface area contributed by atoms with E-state index in [1.54, 1.807) is 0 Å². The van der Waals surface area contributed by atoms with E-state index in [2.05, 4.69) is 22.7 Å². The van der Waals surface area contributed by atoms with Crippen molar-refractivity contribution in [1.82, 2.24) is 10.5 Å². The maximum Gasteiger partial charge on any atom is 0.344 e. The van der Waals surface area contributed by atoms with E-state index in [0.717, 1.165) is 37.9 Å². The lowest BCUT2D eigenvalue weighted by Crippen LogP contribution is -2.46. The fourth-order valence-electron chi connectivity index (χ4n) is 3.09. The molecule has 5 nitrogen and oxygen atoms in total. The number of benzene rings is 2. The van der Waals surface area contributed by atoms with Gasteiger partial charge in [-0.05, 0) is 36.2 Å². The van der Waals surface area contributed by atoms with E-state index >= 15 is 0 Å². The van der Waals surface area contributed by atoms with Gasteiger partial charge in [0.2, 0.25) is 0 Å². The van der Waals surface area contributed by atoms with Crippen LogP contribution in [0, 0.1) is 0 Å². The molecular formula is C20H24N2O3. The van der Waals surface area contributed by atoms with Gasteiger partial charge in [0.1, 0.15) is 6.04 Å². The molecule has 0 spiro atoms. The first-order valence-electron chi connectivity index (χ1n) is 8.72. The first kappa shape index (κ1) is 17.6. The van der Waals surface area contributed by atoms with Gasteiger partial charge in [-0.1, -0.05) is 67.1 Å². The van der Waals surface area contributed by atoms with Crippen LogP contribution in [0.3, 0.4) is 0 Å². The van der Waals surface area contributed by atoms with E-state index in [0.29, 0.717) is 6.61 Å². The van der Waals surface area contributed by atoms with Crippen LogP contribution in [-0.2, 0) is 27.6 Å². The number of carbonyl (C=O) groups excluding carboxylic acids is 1. The third kappa shape index (κ3) is 5.39. The number of piperidine rings is 1. The number of carbonyl (C=O) groups is 1. The Hall–Kier alpha value is -2.21. The maximum atomic E-state index is 12.4. The van der Waals surface area contributed by atoms with Crippen LogP contribution >= 0.6 is 0 Å². The van der Waals surface area contributed by atoms with Gasteiger partial charge in [0, 0.05) is 6.54 Å². The van der Waals surface area contributed by atoms with E-state index in [4.69, 9.17) is 9.68 Å². The normalized spacial score (nSPS) is 18.0. The molecule has 1 aliphatic heterocycles. The number of hydrogen-bond acceptors (Lipinski definition) is 5. The summed E-state index contributed by atoms with van der Waals surface area (Å²) >= 11 is 0. The molecule has 5 heteroatoms. The van der Waals surface area contributed by atoms with Crippen molar-refractivity contribution in [3.8, 4) is 0 Å². The van der Waals surface area contributed by atoms with E-state index in [-0.39, 0.29) is 12.0 Å². The lowest BCUT2D eigenvalue weighted by atomic mass is 10.0. The van der Waals surface area contributed by atoms with Crippen LogP contribution in [0.5, 0.6) is 0 Å². The first-order valence-corrected chi connectivity index (χ1v) is 8.72. The molecule has 2 aromatic carbocycles. The average Bonchev–Trinajstić information content (AvgIpc) is 2.67. The minimum absolute atomic E-state index is 0.234. The third-order valence-electron chi connectivity index (χ3n) is 4.40. The molecule has 0 bridgehead atoms. The largest absolute Gasteiger partial charge is 0.344 e. The molecule has 1 aliphatic rings. The van der Waals surface area contributed by atoms with Crippen LogP contribution in [0.4, 0.5) is 0 Å². The number of nitrogens with zero attached hydrogens (tertiary/aromatic N) is 1. The second kappa shape index (κ2) is 9.32. The topological polar surface area (TPSA) is 50.8 Å². The highest BCUT2D eigenvalue weighted by Gasteiger charge is 2.30. The smallest absolute Gasteiger partial charge is 0.343 e. The lowest BCUT2D eigenvalue weighted by Gasteiger charge is -2.33. The van der Waals surface area contributed by atoms with Crippen LogP contribution in [-0.4, -0.2) is 23.5 Å². The molecule has 1 N–H and O–H groups in total. The molecule has 0 aromatic heterocycles. The van der Waals surface area contributed by atoms with Gasteiger partial charge >= 0.3 is 5.97 Å². The number of likely N-dealkylation sites (tertiary alicyclic amines) is 1. The summed E-state index contributed by atoms with van der Waals surface area (Å²) < 4.78 is 0. The molecule has 1 fully saturated rings. The molecule has 25 heavy (non-hydrogen) atoms. The van der Waals surface area contributed by atoms with E-state index in [1.165, 1.54) is 5.56 Å². The van der Waals surface area contributed by atoms with Gasteiger partial charge in [0.25, 0.3) is 0 Å². The molecule has 0 radical (unpaired) electrons. The predicted molar refractivity (Wildman–Crippen MR) is 94.9 cm³/mol. The minimum Gasteiger partial charge on any atom is -0.343 e. The van der Waals surface area contributed by atoms with Crippen molar-refractivity contribution in [1.29, 1.82) is 0 Å². The Morgan fingerprint density at radius 2 is 1.68 bits per heavy atom. The van der Waals surface area contributed by atoms with Gasteiger partial charge in [0.15, 0.2) is 0 Å². The average molecular weight is 340 g/mol. The van der Waals surface area contributed by atoms with E-state index in [9.17, 15) is 4.79 Å². The highest BCUT2D eigenvalue weighted by Crippen LogP contribution is 2.20. The summed E-state index contributed by atoms with van der Waals surface area (Å²) in [7, 11) is 0. The molecule has 2 aromatic rings. The van der Waals surface area contributed by atoms with Gasteiger partial charge in [-0.3, -0.25) is 9.74 Å². The highest BCUT2D eigenvalue weighted by atomic mass is 16.9. The van der Waals surface area contributed by atoms with Crippen molar-refractivity contribution >= 4 is 5.97 Å². The fraction of sp³-hybridized carbons (Fsp3) is 0.350. The third-order valence-corrected chi connectivity index (χ3v) is 4.40. The Bertz CT molecular complexity index is 649. The van der Waals surface area contributed by atoms with Crippen LogP contribution in [0.1, 0.15) is 30.4 Å². The van der Waals surface area contributed by atoms with Crippen molar-refractivity contribution in [2.75, 3.05) is 6.54 Å². The van der Waals surface area contributed by atoms with E-state index < -0.39 is 0 Å².